The zero-order valence-corrected chi connectivity index (χ0v) is 23.9. The third kappa shape index (κ3) is 8.90. The smallest absolute Gasteiger partial charge is 0.133 e. The summed E-state index contributed by atoms with van der Waals surface area (Å²) in [7, 11) is 0. The molecule has 0 aliphatic carbocycles. The highest BCUT2D eigenvalue weighted by molar-refractivity contribution is 5.69. The number of aliphatic imine (C=N–C) groups is 1. The maximum absolute atomic E-state index is 6.33. The lowest BCUT2D eigenvalue weighted by atomic mass is 10.1. The largest absolute Gasteiger partial charge is 0.402 e. The number of nitrogens with one attached hydrogen (secondary N) is 2. The van der Waals surface area contributed by atoms with Crippen molar-refractivity contribution in [2.45, 2.75) is 26.7 Å². The number of benzene rings is 1. The first-order valence-corrected chi connectivity index (χ1v) is 13.3. The lowest BCUT2D eigenvalue weighted by Crippen LogP contribution is -2.09. The van der Waals surface area contributed by atoms with E-state index in [1.54, 1.807) is 18.5 Å². The normalized spacial score (nSPS) is 12.4. The van der Waals surface area contributed by atoms with Crippen molar-refractivity contribution in [1.29, 1.82) is 0 Å². The Morgan fingerprint density at radius 2 is 1.73 bits per heavy atom. The molecule has 0 saturated heterocycles. The van der Waals surface area contributed by atoms with Crippen LogP contribution in [0, 0.1) is 6.92 Å². The van der Waals surface area contributed by atoms with E-state index < -0.39 is 0 Å². The van der Waals surface area contributed by atoms with Gasteiger partial charge in [-0.3, -0.25) is 9.98 Å². The molecule has 0 bridgehead atoms. The minimum Gasteiger partial charge on any atom is -0.402 e. The second-order valence-electron chi connectivity index (χ2n) is 9.24. The van der Waals surface area contributed by atoms with E-state index in [2.05, 4.69) is 52.0 Å². The molecule has 2 heterocycles. The van der Waals surface area contributed by atoms with Crippen LogP contribution >= 0.6 is 0 Å². The molecule has 0 fully saturated rings. The van der Waals surface area contributed by atoms with Crippen molar-refractivity contribution in [3.63, 3.8) is 0 Å². The summed E-state index contributed by atoms with van der Waals surface area (Å²) >= 11 is 0. The SMILES string of the molecule is C=C\C(=C/C(=C\C)C(=C/C=C(/N)CCC(=C)Nc1nccc(-c2ccccn2)c1C)/N=C)NC(=C)c1ccccc1. The summed E-state index contributed by atoms with van der Waals surface area (Å²) < 4.78 is 0. The van der Waals surface area contributed by atoms with Crippen molar-refractivity contribution in [2.75, 3.05) is 5.32 Å². The Morgan fingerprint density at radius 1 is 0.976 bits per heavy atom. The molecule has 3 aromatic rings. The molecule has 0 atom stereocenters. The summed E-state index contributed by atoms with van der Waals surface area (Å²) in [4.78, 5) is 13.2. The Labute approximate surface area is 243 Å². The molecule has 6 nitrogen and oxygen atoms in total. The lowest BCUT2D eigenvalue weighted by molar-refractivity contribution is 0.915. The third-order valence-electron chi connectivity index (χ3n) is 6.34. The average Bonchev–Trinajstić information content (AvgIpc) is 3.00. The molecule has 41 heavy (non-hydrogen) atoms. The molecule has 0 aliphatic heterocycles. The van der Waals surface area contributed by atoms with Crippen molar-refractivity contribution < 1.29 is 0 Å². The van der Waals surface area contributed by atoms with Crippen LogP contribution in [0.1, 0.15) is 30.9 Å². The van der Waals surface area contributed by atoms with Crippen LogP contribution in [0.3, 0.4) is 0 Å². The van der Waals surface area contributed by atoms with Gasteiger partial charge in [-0.2, -0.15) is 0 Å². The number of nitrogens with zero attached hydrogens (tertiary/aromatic N) is 3. The van der Waals surface area contributed by atoms with Gasteiger partial charge in [0.2, 0.25) is 0 Å². The molecule has 0 radical (unpaired) electrons. The van der Waals surface area contributed by atoms with E-state index in [0.29, 0.717) is 24.2 Å². The zero-order chi connectivity index (χ0) is 29.6. The van der Waals surface area contributed by atoms with E-state index in [9.17, 15) is 0 Å². The van der Waals surface area contributed by atoms with Gasteiger partial charge in [-0.15, -0.1) is 0 Å². The summed E-state index contributed by atoms with van der Waals surface area (Å²) in [6.07, 6.45) is 14.2. The van der Waals surface area contributed by atoms with Crippen LogP contribution < -0.4 is 16.4 Å². The van der Waals surface area contributed by atoms with Crippen LogP contribution in [-0.2, 0) is 0 Å². The second kappa shape index (κ2) is 15.4. The number of allylic oxidation sites excluding steroid dienone is 7. The predicted molar refractivity (Wildman–Crippen MR) is 175 cm³/mol. The molecule has 2 aromatic heterocycles. The van der Waals surface area contributed by atoms with Crippen molar-refractivity contribution in [3.8, 4) is 11.3 Å². The van der Waals surface area contributed by atoms with E-state index in [-0.39, 0.29) is 0 Å². The first-order chi connectivity index (χ1) is 19.9. The van der Waals surface area contributed by atoms with Crippen molar-refractivity contribution in [2.24, 2.45) is 10.7 Å². The van der Waals surface area contributed by atoms with Gasteiger partial charge < -0.3 is 16.4 Å². The number of nitrogens with two attached hydrogens (primary N) is 1. The minimum atomic E-state index is 0.614. The molecule has 0 aliphatic rings. The zero-order valence-electron chi connectivity index (χ0n) is 23.9. The predicted octanol–water partition coefficient (Wildman–Crippen LogP) is 7.86. The van der Waals surface area contributed by atoms with Crippen LogP contribution in [0.2, 0.25) is 0 Å². The molecule has 0 amide bonds. The monoisotopic (exact) mass is 542 g/mol. The van der Waals surface area contributed by atoms with Gasteiger partial charge >= 0.3 is 0 Å². The van der Waals surface area contributed by atoms with Crippen LogP contribution in [0.15, 0.2) is 150 Å². The van der Waals surface area contributed by atoms with Gasteiger partial charge in [0.15, 0.2) is 0 Å². The fraction of sp³-hybridized carbons (Fsp3) is 0.114. The molecule has 208 valence electrons. The topological polar surface area (TPSA) is 88.2 Å². The number of pyridine rings is 2. The average molecular weight is 543 g/mol. The van der Waals surface area contributed by atoms with Crippen molar-refractivity contribution >= 4 is 18.2 Å². The lowest BCUT2D eigenvalue weighted by Gasteiger charge is -2.14. The summed E-state index contributed by atoms with van der Waals surface area (Å²) in [5, 5.41) is 6.65. The molecular formula is C35H38N6. The van der Waals surface area contributed by atoms with Crippen LogP contribution in [0.5, 0.6) is 0 Å². The van der Waals surface area contributed by atoms with Gasteiger partial charge in [0, 0.05) is 46.3 Å². The number of hydrogen-bond acceptors (Lipinski definition) is 6. The second-order valence-corrected chi connectivity index (χ2v) is 9.24. The molecule has 0 saturated carbocycles. The van der Waals surface area contributed by atoms with Gasteiger partial charge in [-0.05, 0) is 87.0 Å². The van der Waals surface area contributed by atoms with E-state index >= 15 is 0 Å². The van der Waals surface area contributed by atoms with E-state index in [0.717, 1.165) is 50.9 Å². The molecule has 0 unspecified atom stereocenters. The minimum absolute atomic E-state index is 0.614. The van der Waals surface area contributed by atoms with Crippen LogP contribution in [0.4, 0.5) is 5.82 Å². The highest BCUT2D eigenvalue weighted by Crippen LogP contribution is 2.26. The van der Waals surface area contributed by atoms with Gasteiger partial charge in [-0.1, -0.05) is 62.2 Å². The number of anilines is 1. The van der Waals surface area contributed by atoms with Gasteiger partial charge in [0.05, 0.1) is 11.4 Å². The van der Waals surface area contributed by atoms with Gasteiger partial charge in [-0.25, -0.2) is 4.98 Å². The standard InChI is InChI=1S/C35H38N6/c1-7-28(24-31(8-2)41-27(5)29-14-10-9-11-15-29)33(37-6)20-19-30(36)18-17-25(3)40-35-26(4)32(21-23-39-35)34-16-12-13-22-38-34/h7-16,19-24,41H,2-3,5-6,17-18,36H2,1,4H3,(H,39,40)/b28-7+,30-19+,31-24+,33-20-. The Hall–Kier alpha value is -5.23. The van der Waals surface area contributed by atoms with Crippen LogP contribution in [0.25, 0.3) is 17.0 Å². The molecule has 6 heteroatoms. The fourth-order valence-corrected chi connectivity index (χ4v) is 4.00. The van der Waals surface area contributed by atoms with E-state index in [4.69, 9.17) is 5.73 Å². The van der Waals surface area contributed by atoms with Gasteiger partial charge in [0.1, 0.15) is 5.82 Å². The highest BCUT2D eigenvalue weighted by Gasteiger charge is 2.09. The molecule has 4 N–H and O–H groups in total. The van der Waals surface area contributed by atoms with E-state index in [1.807, 2.05) is 92.7 Å². The third-order valence-corrected chi connectivity index (χ3v) is 6.34. The quantitative estimate of drug-likeness (QED) is 0.143. The Kier molecular flexibility index (Phi) is 11.4. The summed E-state index contributed by atoms with van der Waals surface area (Å²) in [5.74, 6) is 0.754. The maximum atomic E-state index is 6.33. The highest BCUT2D eigenvalue weighted by atomic mass is 15.0. The fourth-order valence-electron chi connectivity index (χ4n) is 4.00. The van der Waals surface area contributed by atoms with E-state index in [1.165, 1.54) is 0 Å². The summed E-state index contributed by atoms with van der Waals surface area (Å²) in [6.45, 7) is 20.0. The Bertz CT molecular complexity index is 1510. The first kappa shape index (κ1) is 30.3. The van der Waals surface area contributed by atoms with Crippen molar-refractivity contribution in [1.82, 2.24) is 15.3 Å². The molecule has 1 aromatic carbocycles. The van der Waals surface area contributed by atoms with Gasteiger partial charge in [0.25, 0.3) is 0 Å². The molecule has 0 spiro atoms. The van der Waals surface area contributed by atoms with Crippen molar-refractivity contribution in [3.05, 3.63) is 157 Å². The Morgan fingerprint density at radius 3 is 2.39 bits per heavy atom. The maximum Gasteiger partial charge on any atom is 0.133 e. The van der Waals surface area contributed by atoms with Crippen LogP contribution in [-0.4, -0.2) is 16.7 Å². The summed E-state index contributed by atoms with van der Waals surface area (Å²) in [6, 6.07) is 17.7. The first-order valence-electron chi connectivity index (χ1n) is 13.3. The molecule has 3 rings (SSSR count). The Balaban J connectivity index is 1.64. The molecular weight excluding hydrogens is 504 g/mol. The number of aromatic nitrogens is 2. The number of rotatable bonds is 14. The number of hydrogen-bond donors (Lipinski definition) is 3. The summed E-state index contributed by atoms with van der Waals surface area (Å²) in [5.41, 5.74) is 14.9.